The van der Waals surface area contributed by atoms with Gasteiger partial charge >= 0.3 is 0 Å². The SMILES string of the molecule is Cc1cc(C)c2c(c1)NC(=O)CCC2N. The van der Waals surface area contributed by atoms with Crippen LogP contribution < -0.4 is 11.1 Å². The second-order valence-electron chi connectivity index (χ2n) is 4.24. The summed E-state index contributed by atoms with van der Waals surface area (Å²) in [6.07, 6.45) is 1.23. The molecule has 0 spiro atoms. The van der Waals surface area contributed by atoms with Crippen LogP contribution in [0.3, 0.4) is 0 Å². The summed E-state index contributed by atoms with van der Waals surface area (Å²) in [6, 6.07) is 4.07. The van der Waals surface area contributed by atoms with E-state index in [1.54, 1.807) is 0 Å². The fourth-order valence-corrected chi connectivity index (χ4v) is 2.22. The number of hydrogen-bond acceptors (Lipinski definition) is 2. The molecular weight excluding hydrogens is 188 g/mol. The number of carbonyl (C=O) groups excluding carboxylic acids is 1. The van der Waals surface area contributed by atoms with Crippen molar-refractivity contribution in [2.45, 2.75) is 32.7 Å². The normalized spacial score (nSPS) is 20.5. The second-order valence-corrected chi connectivity index (χ2v) is 4.24. The van der Waals surface area contributed by atoms with Crippen molar-refractivity contribution in [2.75, 3.05) is 5.32 Å². The maximum Gasteiger partial charge on any atom is 0.224 e. The van der Waals surface area contributed by atoms with Gasteiger partial charge < -0.3 is 11.1 Å². The van der Waals surface area contributed by atoms with Gasteiger partial charge in [-0.1, -0.05) is 6.07 Å². The first-order valence-electron chi connectivity index (χ1n) is 5.24. The Labute approximate surface area is 89.7 Å². The van der Waals surface area contributed by atoms with Crippen molar-refractivity contribution in [2.24, 2.45) is 5.73 Å². The summed E-state index contributed by atoms with van der Waals surface area (Å²) in [5.41, 5.74) is 10.4. The zero-order chi connectivity index (χ0) is 11.0. The Morgan fingerprint density at radius 2 is 2.13 bits per heavy atom. The number of nitrogens with one attached hydrogen (secondary N) is 1. The summed E-state index contributed by atoms with van der Waals surface area (Å²) in [7, 11) is 0. The number of rotatable bonds is 0. The highest BCUT2D eigenvalue weighted by atomic mass is 16.1. The summed E-state index contributed by atoms with van der Waals surface area (Å²) in [5, 5.41) is 2.92. The number of fused-ring (bicyclic) bond motifs is 1. The molecule has 0 aromatic heterocycles. The van der Waals surface area contributed by atoms with Gasteiger partial charge in [-0.05, 0) is 43.0 Å². The fraction of sp³-hybridized carbons (Fsp3) is 0.417. The van der Waals surface area contributed by atoms with E-state index in [4.69, 9.17) is 5.73 Å². The summed E-state index contributed by atoms with van der Waals surface area (Å²) in [6.45, 7) is 4.07. The van der Waals surface area contributed by atoms with Crippen LogP contribution in [0.2, 0.25) is 0 Å². The third kappa shape index (κ3) is 1.88. The molecule has 0 fully saturated rings. The van der Waals surface area contributed by atoms with Crippen molar-refractivity contribution < 1.29 is 4.79 Å². The molecule has 0 aliphatic carbocycles. The van der Waals surface area contributed by atoms with Crippen LogP contribution in [0.15, 0.2) is 12.1 Å². The summed E-state index contributed by atoms with van der Waals surface area (Å²) >= 11 is 0. The summed E-state index contributed by atoms with van der Waals surface area (Å²) in [5.74, 6) is 0.0641. The van der Waals surface area contributed by atoms with Crippen LogP contribution in [-0.2, 0) is 4.79 Å². The average Bonchev–Trinajstić information content (AvgIpc) is 2.25. The summed E-state index contributed by atoms with van der Waals surface area (Å²) < 4.78 is 0. The van der Waals surface area contributed by atoms with Gasteiger partial charge in [0.1, 0.15) is 0 Å². The molecule has 1 aromatic rings. The number of nitrogens with two attached hydrogens (primary N) is 1. The number of hydrogen-bond donors (Lipinski definition) is 2. The third-order valence-electron chi connectivity index (χ3n) is 2.86. The first-order chi connectivity index (χ1) is 7.08. The molecule has 0 radical (unpaired) electrons. The fourth-order valence-electron chi connectivity index (χ4n) is 2.22. The second kappa shape index (κ2) is 3.66. The zero-order valence-corrected chi connectivity index (χ0v) is 9.13. The number of benzene rings is 1. The van der Waals surface area contributed by atoms with Gasteiger partial charge in [0.2, 0.25) is 5.91 Å². The molecule has 1 atom stereocenters. The van der Waals surface area contributed by atoms with E-state index in [2.05, 4.69) is 11.4 Å². The van der Waals surface area contributed by atoms with Crippen molar-refractivity contribution in [1.82, 2.24) is 0 Å². The maximum atomic E-state index is 11.4. The predicted octanol–water partition coefficient (Wildman–Crippen LogP) is 2.04. The highest BCUT2D eigenvalue weighted by Gasteiger charge is 2.20. The van der Waals surface area contributed by atoms with Crippen molar-refractivity contribution in [3.63, 3.8) is 0 Å². The molecule has 1 aliphatic rings. The molecule has 1 aromatic carbocycles. The van der Waals surface area contributed by atoms with Crippen LogP contribution in [0.25, 0.3) is 0 Å². The Bertz CT molecular complexity index is 412. The standard InChI is InChI=1S/C12H16N2O/c1-7-5-8(2)12-9(13)3-4-11(15)14-10(12)6-7/h5-6,9H,3-4,13H2,1-2H3,(H,14,15). The van der Waals surface area contributed by atoms with E-state index in [0.717, 1.165) is 23.2 Å². The number of anilines is 1. The van der Waals surface area contributed by atoms with Gasteiger partial charge in [0.15, 0.2) is 0 Å². The first kappa shape index (κ1) is 10.2. The van der Waals surface area contributed by atoms with Crippen molar-refractivity contribution >= 4 is 11.6 Å². The smallest absolute Gasteiger partial charge is 0.224 e. The van der Waals surface area contributed by atoms with Crippen LogP contribution in [0.1, 0.15) is 35.6 Å². The van der Waals surface area contributed by atoms with Crippen molar-refractivity contribution in [1.29, 1.82) is 0 Å². The zero-order valence-electron chi connectivity index (χ0n) is 9.13. The Morgan fingerprint density at radius 1 is 1.40 bits per heavy atom. The predicted molar refractivity (Wildman–Crippen MR) is 60.7 cm³/mol. The lowest BCUT2D eigenvalue weighted by atomic mass is 9.96. The van der Waals surface area contributed by atoms with E-state index in [1.165, 1.54) is 5.56 Å². The molecule has 1 aliphatic heterocycles. The minimum atomic E-state index is -0.0282. The molecule has 2 rings (SSSR count). The number of carbonyl (C=O) groups is 1. The molecule has 3 nitrogen and oxygen atoms in total. The Kier molecular flexibility index (Phi) is 2.49. The van der Waals surface area contributed by atoms with E-state index in [9.17, 15) is 4.79 Å². The molecule has 15 heavy (non-hydrogen) atoms. The van der Waals surface area contributed by atoms with Gasteiger partial charge in [-0.2, -0.15) is 0 Å². The molecule has 0 saturated carbocycles. The van der Waals surface area contributed by atoms with Crippen molar-refractivity contribution in [3.05, 3.63) is 28.8 Å². The minimum Gasteiger partial charge on any atom is -0.326 e. The molecule has 3 N–H and O–H groups in total. The lowest BCUT2D eigenvalue weighted by molar-refractivity contribution is -0.116. The van der Waals surface area contributed by atoms with Gasteiger partial charge in [0.25, 0.3) is 0 Å². The van der Waals surface area contributed by atoms with Gasteiger partial charge in [-0.3, -0.25) is 4.79 Å². The molecule has 1 heterocycles. The lowest BCUT2D eigenvalue weighted by Crippen LogP contribution is -2.11. The molecule has 1 amide bonds. The van der Waals surface area contributed by atoms with Crippen LogP contribution >= 0.6 is 0 Å². The molecule has 3 heteroatoms. The molecular formula is C12H16N2O. The van der Waals surface area contributed by atoms with Gasteiger partial charge in [-0.15, -0.1) is 0 Å². The minimum absolute atomic E-state index is 0.0282. The highest BCUT2D eigenvalue weighted by Crippen LogP contribution is 2.31. The Hall–Kier alpha value is -1.35. The van der Waals surface area contributed by atoms with E-state index < -0.39 is 0 Å². The van der Waals surface area contributed by atoms with Crippen LogP contribution in [0.5, 0.6) is 0 Å². The Morgan fingerprint density at radius 3 is 2.87 bits per heavy atom. The van der Waals surface area contributed by atoms with E-state index in [-0.39, 0.29) is 11.9 Å². The van der Waals surface area contributed by atoms with Gasteiger partial charge in [0.05, 0.1) is 0 Å². The lowest BCUT2D eigenvalue weighted by Gasteiger charge is -2.16. The monoisotopic (exact) mass is 204 g/mol. The largest absolute Gasteiger partial charge is 0.326 e. The number of amides is 1. The topological polar surface area (TPSA) is 55.1 Å². The first-order valence-corrected chi connectivity index (χ1v) is 5.24. The van der Waals surface area contributed by atoms with E-state index >= 15 is 0 Å². The molecule has 0 saturated heterocycles. The van der Waals surface area contributed by atoms with E-state index in [0.29, 0.717) is 6.42 Å². The number of aryl methyl sites for hydroxylation is 2. The van der Waals surface area contributed by atoms with Crippen LogP contribution in [-0.4, -0.2) is 5.91 Å². The Balaban J connectivity index is 2.56. The maximum absolute atomic E-state index is 11.4. The summed E-state index contributed by atoms with van der Waals surface area (Å²) in [4.78, 5) is 11.4. The van der Waals surface area contributed by atoms with E-state index in [1.807, 2.05) is 19.9 Å². The highest BCUT2D eigenvalue weighted by molar-refractivity contribution is 5.92. The third-order valence-corrected chi connectivity index (χ3v) is 2.86. The van der Waals surface area contributed by atoms with Crippen LogP contribution in [0.4, 0.5) is 5.69 Å². The average molecular weight is 204 g/mol. The quantitative estimate of drug-likeness (QED) is 0.679. The van der Waals surface area contributed by atoms with Crippen molar-refractivity contribution in [3.8, 4) is 0 Å². The van der Waals surface area contributed by atoms with Gasteiger partial charge in [0, 0.05) is 18.2 Å². The molecule has 80 valence electrons. The van der Waals surface area contributed by atoms with Gasteiger partial charge in [-0.25, -0.2) is 0 Å². The molecule has 0 bridgehead atoms. The van der Waals surface area contributed by atoms with Crippen LogP contribution in [0, 0.1) is 13.8 Å². The molecule has 1 unspecified atom stereocenters.